The quantitative estimate of drug-likeness (QED) is 0.651. The number of aliphatic carboxylic acids is 1. The maximum absolute atomic E-state index is 10.1. The molecule has 60 valence electrons. The van der Waals surface area contributed by atoms with Crippen LogP contribution in [0.5, 0.6) is 0 Å². The van der Waals surface area contributed by atoms with E-state index in [1.54, 1.807) is 11.6 Å². The summed E-state index contributed by atoms with van der Waals surface area (Å²) < 4.78 is 1.67. The van der Waals surface area contributed by atoms with Gasteiger partial charge in [-0.2, -0.15) is 0 Å². The summed E-state index contributed by atoms with van der Waals surface area (Å²) in [4.78, 5) is 10.1. The number of nitrogens with zero attached hydrogens (tertiary/aromatic N) is 3. The van der Waals surface area contributed by atoms with Crippen molar-refractivity contribution in [2.75, 3.05) is 5.75 Å². The van der Waals surface area contributed by atoms with E-state index in [4.69, 9.17) is 5.11 Å². The van der Waals surface area contributed by atoms with Crippen LogP contribution >= 0.6 is 11.8 Å². The lowest BCUT2D eigenvalue weighted by molar-refractivity contribution is -0.133. The van der Waals surface area contributed by atoms with Crippen molar-refractivity contribution >= 4 is 17.7 Å². The molecule has 0 aliphatic rings. The molecule has 0 radical (unpaired) electrons. The highest BCUT2D eigenvalue weighted by molar-refractivity contribution is 7.99. The molecule has 0 aliphatic heterocycles. The molecule has 1 heterocycles. The molecule has 6 heteroatoms. The Balaban J connectivity index is 2.51. The molecule has 0 bridgehead atoms. The number of rotatable bonds is 3. The van der Waals surface area contributed by atoms with Crippen molar-refractivity contribution in [3.05, 3.63) is 6.33 Å². The van der Waals surface area contributed by atoms with Gasteiger partial charge in [0.25, 0.3) is 0 Å². The average Bonchev–Trinajstić information content (AvgIpc) is 2.31. The van der Waals surface area contributed by atoms with Crippen molar-refractivity contribution in [2.24, 2.45) is 7.05 Å². The topological polar surface area (TPSA) is 68.0 Å². The Kier molecular flexibility index (Phi) is 2.48. The number of thioether (sulfide) groups is 1. The van der Waals surface area contributed by atoms with Gasteiger partial charge in [-0.3, -0.25) is 4.79 Å². The maximum Gasteiger partial charge on any atom is 0.313 e. The highest BCUT2D eigenvalue weighted by Gasteiger charge is 2.03. The Morgan fingerprint density at radius 2 is 2.64 bits per heavy atom. The van der Waals surface area contributed by atoms with E-state index in [1.165, 1.54) is 6.33 Å². The Bertz CT molecular complexity index is 260. The average molecular weight is 173 g/mol. The van der Waals surface area contributed by atoms with Crippen LogP contribution in [0, 0.1) is 0 Å². The molecule has 0 amide bonds. The summed E-state index contributed by atoms with van der Waals surface area (Å²) in [5.41, 5.74) is 0. The molecule has 0 unspecified atom stereocenters. The van der Waals surface area contributed by atoms with Crippen LogP contribution in [0.1, 0.15) is 0 Å². The lowest BCUT2D eigenvalue weighted by atomic mass is 10.8. The first-order chi connectivity index (χ1) is 5.20. The summed E-state index contributed by atoms with van der Waals surface area (Å²) in [5.74, 6) is -0.829. The van der Waals surface area contributed by atoms with E-state index in [0.29, 0.717) is 5.16 Å². The molecule has 5 nitrogen and oxygen atoms in total. The second kappa shape index (κ2) is 3.38. The highest BCUT2D eigenvalue weighted by atomic mass is 32.2. The first-order valence-corrected chi connectivity index (χ1v) is 3.87. The molecule has 0 spiro atoms. The van der Waals surface area contributed by atoms with Gasteiger partial charge >= 0.3 is 5.97 Å². The van der Waals surface area contributed by atoms with Gasteiger partial charge in [0.15, 0.2) is 5.16 Å². The van der Waals surface area contributed by atoms with Crippen molar-refractivity contribution in [1.82, 2.24) is 14.8 Å². The number of carboxylic acid groups (broad SMARTS) is 1. The van der Waals surface area contributed by atoms with Crippen molar-refractivity contribution in [3.8, 4) is 0 Å². The molecule has 0 aliphatic carbocycles. The fourth-order valence-corrected chi connectivity index (χ4v) is 1.14. The number of hydrogen-bond donors (Lipinski definition) is 1. The number of carboxylic acids is 1. The molecular formula is C5H7N3O2S. The minimum Gasteiger partial charge on any atom is -0.481 e. The molecule has 1 rings (SSSR count). The number of hydrogen-bond acceptors (Lipinski definition) is 4. The fourth-order valence-electron chi connectivity index (χ4n) is 0.530. The van der Waals surface area contributed by atoms with Crippen LogP contribution in [0.3, 0.4) is 0 Å². The molecule has 0 saturated heterocycles. The first-order valence-electron chi connectivity index (χ1n) is 2.88. The van der Waals surface area contributed by atoms with Gasteiger partial charge in [-0.25, -0.2) is 0 Å². The van der Waals surface area contributed by atoms with Gasteiger partial charge in [0.05, 0.1) is 5.75 Å². The van der Waals surface area contributed by atoms with Crippen molar-refractivity contribution in [1.29, 1.82) is 0 Å². The monoisotopic (exact) mass is 173 g/mol. The van der Waals surface area contributed by atoms with Crippen LogP contribution in [0.4, 0.5) is 0 Å². The third-order valence-electron chi connectivity index (χ3n) is 0.995. The SMILES string of the molecule is Cn1cnnc1SCC(=O)O. The summed E-state index contributed by atoms with van der Waals surface area (Å²) in [5, 5.41) is 16.2. The second-order valence-corrected chi connectivity index (χ2v) is 2.85. The van der Waals surface area contributed by atoms with E-state index in [1.807, 2.05) is 0 Å². The van der Waals surface area contributed by atoms with Gasteiger partial charge in [-0.05, 0) is 0 Å². The predicted octanol–water partition coefficient (Wildman–Crippen LogP) is -0.00820. The standard InChI is InChI=1S/C5H7N3O2S/c1-8-3-6-7-5(8)11-2-4(9)10/h3H,2H2,1H3,(H,9,10). The van der Waals surface area contributed by atoms with Crippen LogP contribution in [0.25, 0.3) is 0 Å². The molecule has 1 N–H and O–H groups in total. The van der Waals surface area contributed by atoms with E-state index >= 15 is 0 Å². The molecule has 0 fully saturated rings. The first kappa shape index (κ1) is 8.06. The van der Waals surface area contributed by atoms with Gasteiger partial charge in [-0.15, -0.1) is 10.2 Å². The summed E-state index contributed by atoms with van der Waals surface area (Å²) in [6.45, 7) is 0. The third-order valence-corrected chi connectivity index (χ3v) is 2.01. The van der Waals surface area contributed by atoms with Crippen LogP contribution < -0.4 is 0 Å². The van der Waals surface area contributed by atoms with Crippen LogP contribution in [0.15, 0.2) is 11.5 Å². The largest absolute Gasteiger partial charge is 0.481 e. The minimum absolute atomic E-state index is 0.0204. The molecule has 1 aromatic rings. The predicted molar refractivity (Wildman–Crippen MR) is 39.4 cm³/mol. The summed E-state index contributed by atoms with van der Waals surface area (Å²) in [6, 6.07) is 0. The molecule has 0 atom stereocenters. The smallest absolute Gasteiger partial charge is 0.313 e. The zero-order chi connectivity index (χ0) is 8.27. The third kappa shape index (κ3) is 2.23. The van der Waals surface area contributed by atoms with Gasteiger partial charge in [0.2, 0.25) is 0 Å². The summed E-state index contributed by atoms with van der Waals surface area (Å²) in [6.07, 6.45) is 1.53. The van der Waals surface area contributed by atoms with Gasteiger partial charge in [0.1, 0.15) is 6.33 Å². The molecule has 1 aromatic heterocycles. The molecule has 0 aromatic carbocycles. The Morgan fingerprint density at radius 1 is 1.91 bits per heavy atom. The Labute approximate surface area is 67.4 Å². The Hall–Kier alpha value is -1.04. The zero-order valence-electron chi connectivity index (χ0n) is 5.89. The van der Waals surface area contributed by atoms with E-state index in [2.05, 4.69) is 10.2 Å². The fraction of sp³-hybridized carbons (Fsp3) is 0.400. The van der Waals surface area contributed by atoms with Crippen molar-refractivity contribution < 1.29 is 9.90 Å². The van der Waals surface area contributed by atoms with Gasteiger partial charge < -0.3 is 9.67 Å². The summed E-state index contributed by atoms with van der Waals surface area (Å²) in [7, 11) is 1.77. The van der Waals surface area contributed by atoms with E-state index in [9.17, 15) is 4.79 Å². The zero-order valence-corrected chi connectivity index (χ0v) is 6.71. The number of aryl methyl sites for hydroxylation is 1. The van der Waals surface area contributed by atoms with Gasteiger partial charge in [0, 0.05) is 7.05 Å². The van der Waals surface area contributed by atoms with E-state index in [0.717, 1.165) is 11.8 Å². The number of carbonyl (C=O) groups is 1. The second-order valence-electron chi connectivity index (χ2n) is 1.91. The van der Waals surface area contributed by atoms with Crippen LogP contribution in [0.2, 0.25) is 0 Å². The molecule has 0 saturated carbocycles. The van der Waals surface area contributed by atoms with E-state index in [-0.39, 0.29) is 5.75 Å². The van der Waals surface area contributed by atoms with Crippen LogP contribution in [-0.2, 0) is 11.8 Å². The number of aromatic nitrogens is 3. The van der Waals surface area contributed by atoms with Crippen molar-refractivity contribution in [3.63, 3.8) is 0 Å². The lowest BCUT2D eigenvalue weighted by Crippen LogP contribution is -1.99. The Morgan fingerprint density at radius 3 is 3.09 bits per heavy atom. The molecular weight excluding hydrogens is 166 g/mol. The minimum atomic E-state index is -0.849. The van der Waals surface area contributed by atoms with Crippen LogP contribution in [-0.4, -0.2) is 31.6 Å². The van der Waals surface area contributed by atoms with Gasteiger partial charge in [-0.1, -0.05) is 11.8 Å². The molecule has 11 heavy (non-hydrogen) atoms. The van der Waals surface area contributed by atoms with Crippen molar-refractivity contribution in [2.45, 2.75) is 5.16 Å². The summed E-state index contributed by atoms with van der Waals surface area (Å²) >= 11 is 1.15. The normalized spacial score (nSPS) is 9.91. The lowest BCUT2D eigenvalue weighted by Gasteiger charge is -1.94. The maximum atomic E-state index is 10.1. The van der Waals surface area contributed by atoms with E-state index < -0.39 is 5.97 Å². The highest BCUT2D eigenvalue weighted by Crippen LogP contribution is 2.11.